The Kier molecular flexibility index (Phi) is 6.66. The summed E-state index contributed by atoms with van der Waals surface area (Å²) in [7, 11) is 0. The third-order valence-corrected chi connectivity index (χ3v) is 3.60. The summed E-state index contributed by atoms with van der Waals surface area (Å²) in [6.45, 7) is 7.60. The van der Waals surface area contributed by atoms with Crippen molar-refractivity contribution in [3.63, 3.8) is 0 Å². The van der Waals surface area contributed by atoms with Gasteiger partial charge in [-0.15, -0.1) is 0 Å². The van der Waals surface area contributed by atoms with Crippen LogP contribution < -0.4 is 5.32 Å². The minimum absolute atomic E-state index is 0.267. The zero-order valence-corrected chi connectivity index (χ0v) is 12.2. The summed E-state index contributed by atoms with van der Waals surface area (Å²) in [4.78, 5) is 0. The SMILES string of the molecule is CCNC(CCCc1ccc(F)cc1Cl)C(C)C. The van der Waals surface area contributed by atoms with E-state index in [9.17, 15) is 4.39 Å². The summed E-state index contributed by atoms with van der Waals surface area (Å²) >= 11 is 6.01. The van der Waals surface area contributed by atoms with Crippen LogP contribution in [0, 0.1) is 11.7 Å². The average Bonchev–Trinajstić information content (AvgIpc) is 2.30. The standard InChI is InChI=1S/C15H23ClFN/c1-4-18-15(11(2)3)7-5-6-12-8-9-13(17)10-14(12)16/h8-11,15,18H,4-7H2,1-3H3. The molecule has 1 aromatic carbocycles. The first-order valence-corrected chi connectivity index (χ1v) is 7.09. The highest BCUT2D eigenvalue weighted by molar-refractivity contribution is 6.31. The molecule has 18 heavy (non-hydrogen) atoms. The Hall–Kier alpha value is -0.600. The molecule has 0 saturated heterocycles. The van der Waals surface area contributed by atoms with Crippen molar-refractivity contribution in [2.24, 2.45) is 5.92 Å². The highest BCUT2D eigenvalue weighted by Crippen LogP contribution is 2.20. The minimum atomic E-state index is -0.267. The van der Waals surface area contributed by atoms with Gasteiger partial charge in [-0.3, -0.25) is 0 Å². The predicted molar refractivity (Wildman–Crippen MR) is 76.7 cm³/mol. The molecular formula is C15H23ClFN. The molecule has 0 amide bonds. The third-order valence-electron chi connectivity index (χ3n) is 3.25. The van der Waals surface area contributed by atoms with E-state index in [1.807, 2.05) is 0 Å². The lowest BCUT2D eigenvalue weighted by atomic mass is 9.97. The number of rotatable bonds is 7. The molecule has 0 radical (unpaired) electrons. The van der Waals surface area contributed by atoms with Gasteiger partial charge in [-0.25, -0.2) is 4.39 Å². The zero-order valence-electron chi connectivity index (χ0n) is 11.5. The van der Waals surface area contributed by atoms with E-state index in [4.69, 9.17) is 11.6 Å². The van der Waals surface area contributed by atoms with E-state index in [2.05, 4.69) is 26.1 Å². The molecule has 0 bridgehead atoms. The van der Waals surface area contributed by atoms with Crippen molar-refractivity contribution in [3.8, 4) is 0 Å². The Bertz CT molecular complexity index is 366. The number of benzene rings is 1. The molecule has 1 N–H and O–H groups in total. The van der Waals surface area contributed by atoms with Crippen LogP contribution in [0.25, 0.3) is 0 Å². The zero-order chi connectivity index (χ0) is 13.5. The van der Waals surface area contributed by atoms with Crippen LogP contribution in [-0.2, 0) is 6.42 Å². The summed E-state index contributed by atoms with van der Waals surface area (Å²) in [5.41, 5.74) is 1.04. The number of halogens is 2. The van der Waals surface area contributed by atoms with E-state index in [1.54, 1.807) is 6.07 Å². The molecule has 3 heteroatoms. The number of hydrogen-bond donors (Lipinski definition) is 1. The number of hydrogen-bond acceptors (Lipinski definition) is 1. The third kappa shape index (κ3) is 4.95. The van der Waals surface area contributed by atoms with Gasteiger partial charge in [0, 0.05) is 11.1 Å². The van der Waals surface area contributed by atoms with Crippen molar-refractivity contribution in [1.29, 1.82) is 0 Å². The van der Waals surface area contributed by atoms with Gasteiger partial charge in [-0.2, -0.15) is 0 Å². The molecule has 0 saturated carbocycles. The Morgan fingerprint density at radius 2 is 2.06 bits per heavy atom. The van der Waals surface area contributed by atoms with Gasteiger partial charge in [-0.05, 0) is 49.4 Å². The molecule has 0 heterocycles. The maximum absolute atomic E-state index is 12.9. The fourth-order valence-electron chi connectivity index (χ4n) is 2.17. The molecule has 102 valence electrons. The van der Waals surface area contributed by atoms with Crippen molar-refractivity contribution in [1.82, 2.24) is 5.32 Å². The Morgan fingerprint density at radius 3 is 2.61 bits per heavy atom. The number of nitrogens with one attached hydrogen (secondary N) is 1. The molecule has 0 aliphatic rings. The predicted octanol–water partition coefficient (Wildman–Crippen LogP) is 4.44. The van der Waals surface area contributed by atoms with Gasteiger partial charge in [0.15, 0.2) is 0 Å². The van der Waals surface area contributed by atoms with Gasteiger partial charge < -0.3 is 5.32 Å². The van der Waals surface area contributed by atoms with Crippen molar-refractivity contribution in [3.05, 3.63) is 34.6 Å². The monoisotopic (exact) mass is 271 g/mol. The van der Waals surface area contributed by atoms with E-state index in [0.717, 1.165) is 31.4 Å². The van der Waals surface area contributed by atoms with Crippen LogP contribution in [0.5, 0.6) is 0 Å². The second-order valence-corrected chi connectivity index (χ2v) is 5.44. The summed E-state index contributed by atoms with van der Waals surface area (Å²) in [6.07, 6.45) is 3.11. The minimum Gasteiger partial charge on any atom is -0.314 e. The van der Waals surface area contributed by atoms with Crippen molar-refractivity contribution in [2.75, 3.05) is 6.54 Å². The topological polar surface area (TPSA) is 12.0 Å². The molecule has 1 atom stereocenters. The number of aryl methyl sites for hydroxylation is 1. The Balaban J connectivity index is 2.45. The van der Waals surface area contributed by atoms with Crippen LogP contribution in [0.15, 0.2) is 18.2 Å². The first-order chi connectivity index (χ1) is 8.54. The van der Waals surface area contributed by atoms with Gasteiger partial charge in [0.1, 0.15) is 5.82 Å². The Morgan fingerprint density at radius 1 is 1.33 bits per heavy atom. The highest BCUT2D eigenvalue weighted by Gasteiger charge is 2.11. The molecule has 1 aromatic rings. The molecule has 0 aliphatic heterocycles. The molecule has 1 unspecified atom stereocenters. The summed E-state index contributed by atoms with van der Waals surface area (Å²) in [5, 5.41) is 4.04. The van der Waals surface area contributed by atoms with E-state index in [0.29, 0.717) is 17.0 Å². The summed E-state index contributed by atoms with van der Waals surface area (Å²) in [6, 6.07) is 5.20. The smallest absolute Gasteiger partial charge is 0.124 e. The van der Waals surface area contributed by atoms with Gasteiger partial charge in [0.05, 0.1) is 0 Å². The van der Waals surface area contributed by atoms with Crippen LogP contribution >= 0.6 is 11.6 Å². The van der Waals surface area contributed by atoms with Gasteiger partial charge in [-0.1, -0.05) is 38.4 Å². The average molecular weight is 272 g/mol. The molecule has 0 fully saturated rings. The first kappa shape index (κ1) is 15.5. The van der Waals surface area contributed by atoms with Crippen molar-refractivity contribution < 1.29 is 4.39 Å². The second-order valence-electron chi connectivity index (χ2n) is 5.04. The van der Waals surface area contributed by atoms with Crippen LogP contribution in [0.4, 0.5) is 4.39 Å². The fraction of sp³-hybridized carbons (Fsp3) is 0.600. The lowest BCUT2D eigenvalue weighted by molar-refractivity contribution is 0.377. The maximum Gasteiger partial charge on any atom is 0.124 e. The normalized spacial score (nSPS) is 13.0. The molecule has 0 aliphatic carbocycles. The van der Waals surface area contributed by atoms with Gasteiger partial charge in [0.2, 0.25) is 0 Å². The first-order valence-electron chi connectivity index (χ1n) is 6.72. The van der Waals surface area contributed by atoms with Crippen LogP contribution in [0.3, 0.4) is 0 Å². The molecule has 0 aromatic heterocycles. The summed E-state index contributed by atoms with van der Waals surface area (Å²) < 4.78 is 12.9. The Labute approximate surface area is 115 Å². The lowest BCUT2D eigenvalue weighted by Gasteiger charge is -2.21. The molecule has 0 spiro atoms. The van der Waals surface area contributed by atoms with Gasteiger partial charge >= 0.3 is 0 Å². The fourth-order valence-corrected chi connectivity index (χ4v) is 2.43. The van der Waals surface area contributed by atoms with Crippen molar-refractivity contribution >= 4 is 11.6 Å². The quantitative estimate of drug-likeness (QED) is 0.773. The van der Waals surface area contributed by atoms with E-state index < -0.39 is 0 Å². The highest BCUT2D eigenvalue weighted by atomic mass is 35.5. The molecular weight excluding hydrogens is 249 g/mol. The van der Waals surface area contributed by atoms with E-state index in [1.165, 1.54) is 12.1 Å². The van der Waals surface area contributed by atoms with Gasteiger partial charge in [0.25, 0.3) is 0 Å². The largest absolute Gasteiger partial charge is 0.314 e. The lowest BCUT2D eigenvalue weighted by Crippen LogP contribution is -2.33. The van der Waals surface area contributed by atoms with Crippen LogP contribution in [-0.4, -0.2) is 12.6 Å². The molecule has 1 nitrogen and oxygen atoms in total. The van der Waals surface area contributed by atoms with Crippen LogP contribution in [0.1, 0.15) is 39.2 Å². The maximum atomic E-state index is 12.9. The van der Waals surface area contributed by atoms with E-state index in [-0.39, 0.29) is 5.82 Å². The second kappa shape index (κ2) is 7.75. The molecule has 1 rings (SSSR count). The summed E-state index contributed by atoms with van der Waals surface area (Å²) in [5.74, 6) is 0.366. The van der Waals surface area contributed by atoms with Crippen LogP contribution in [0.2, 0.25) is 5.02 Å². The van der Waals surface area contributed by atoms with Crippen molar-refractivity contribution in [2.45, 2.75) is 46.1 Å². The van der Waals surface area contributed by atoms with E-state index >= 15 is 0 Å².